The third-order valence-corrected chi connectivity index (χ3v) is 3.07. The zero-order chi connectivity index (χ0) is 13.9. The molecule has 0 fully saturated rings. The van der Waals surface area contributed by atoms with Crippen LogP contribution >= 0.6 is 0 Å². The molecule has 100 valence electrons. The van der Waals surface area contributed by atoms with Crippen LogP contribution in [0.25, 0.3) is 12.2 Å². The minimum atomic E-state index is -0.120. The highest BCUT2D eigenvalue weighted by molar-refractivity contribution is 5.96. The van der Waals surface area contributed by atoms with Crippen molar-refractivity contribution in [1.82, 2.24) is 4.98 Å². The monoisotopic (exact) mass is 266 g/mol. The highest BCUT2D eigenvalue weighted by atomic mass is 16.5. The molecule has 0 unspecified atom stereocenters. The van der Waals surface area contributed by atoms with Gasteiger partial charge in [0, 0.05) is 12.4 Å². The number of aryl methyl sites for hydroxylation is 1. The summed E-state index contributed by atoms with van der Waals surface area (Å²) >= 11 is 0. The molecule has 1 amide bonds. The lowest BCUT2D eigenvalue weighted by atomic mass is 10.1. The van der Waals surface area contributed by atoms with Crippen LogP contribution in [-0.2, 0) is 4.79 Å². The summed E-state index contributed by atoms with van der Waals surface area (Å²) < 4.78 is 5.44. The van der Waals surface area contributed by atoms with Crippen molar-refractivity contribution in [3.05, 3.63) is 53.3 Å². The van der Waals surface area contributed by atoms with Gasteiger partial charge in [-0.3, -0.25) is 9.78 Å². The lowest BCUT2D eigenvalue weighted by Crippen LogP contribution is -2.25. The number of hydrogen-bond donors (Lipinski definition) is 1. The third-order valence-electron chi connectivity index (χ3n) is 3.07. The maximum absolute atomic E-state index is 11.4. The van der Waals surface area contributed by atoms with Crippen LogP contribution < -0.4 is 10.1 Å². The Balaban J connectivity index is 1.91. The summed E-state index contributed by atoms with van der Waals surface area (Å²) in [7, 11) is 0. The number of nitrogens with zero attached hydrogens (tertiary/aromatic N) is 1. The van der Waals surface area contributed by atoms with Gasteiger partial charge in [0.15, 0.2) is 6.61 Å². The molecule has 0 bridgehead atoms. The topological polar surface area (TPSA) is 51.2 Å². The van der Waals surface area contributed by atoms with Crippen LogP contribution in [-0.4, -0.2) is 17.5 Å². The second-order valence-electron chi connectivity index (χ2n) is 4.67. The maximum atomic E-state index is 11.4. The van der Waals surface area contributed by atoms with E-state index in [9.17, 15) is 4.79 Å². The van der Waals surface area contributed by atoms with Gasteiger partial charge in [-0.1, -0.05) is 18.2 Å². The summed E-state index contributed by atoms with van der Waals surface area (Å²) in [5.41, 5.74) is 3.78. The molecular weight excluding hydrogens is 252 g/mol. The molecule has 4 nitrogen and oxygen atoms in total. The van der Waals surface area contributed by atoms with E-state index in [-0.39, 0.29) is 12.5 Å². The van der Waals surface area contributed by atoms with Crippen molar-refractivity contribution < 1.29 is 9.53 Å². The van der Waals surface area contributed by atoms with Gasteiger partial charge in [-0.05, 0) is 41.8 Å². The van der Waals surface area contributed by atoms with E-state index in [1.54, 1.807) is 12.4 Å². The summed E-state index contributed by atoms with van der Waals surface area (Å²) in [6.07, 6.45) is 7.52. The average Bonchev–Trinajstić information content (AvgIpc) is 2.46. The van der Waals surface area contributed by atoms with Crippen molar-refractivity contribution in [2.45, 2.75) is 6.92 Å². The van der Waals surface area contributed by atoms with Crippen LogP contribution in [0.2, 0.25) is 0 Å². The Morgan fingerprint density at radius 2 is 2.15 bits per heavy atom. The molecule has 3 rings (SSSR count). The molecule has 2 heterocycles. The lowest BCUT2D eigenvalue weighted by molar-refractivity contribution is -0.118. The Kier molecular flexibility index (Phi) is 3.21. The van der Waals surface area contributed by atoms with Crippen LogP contribution in [0, 0.1) is 6.92 Å². The number of carbonyl (C=O) groups is 1. The van der Waals surface area contributed by atoms with E-state index in [1.807, 2.05) is 43.3 Å². The molecule has 0 saturated heterocycles. The minimum absolute atomic E-state index is 0.0821. The van der Waals surface area contributed by atoms with Crippen LogP contribution in [0.1, 0.15) is 16.7 Å². The summed E-state index contributed by atoms with van der Waals surface area (Å²) in [6, 6.07) is 7.82. The summed E-state index contributed by atoms with van der Waals surface area (Å²) in [5.74, 6) is 0.633. The highest BCUT2D eigenvalue weighted by Gasteiger charge is 2.17. The molecule has 1 aromatic carbocycles. The van der Waals surface area contributed by atoms with Gasteiger partial charge in [-0.2, -0.15) is 0 Å². The van der Waals surface area contributed by atoms with Crippen molar-refractivity contribution in [2.24, 2.45) is 0 Å². The fraction of sp³-hybridized carbons (Fsp3) is 0.125. The number of nitrogens with one attached hydrogen (secondary N) is 1. The molecule has 1 aliphatic heterocycles. The first-order chi connectivity index (χ1) is 9.72. The summed E-state index contributed by atoms with van der Waals surface area (Å²) in [4.78, 5) is 15.4. The van der Waals surface area contributed by atoms with Crippen molar-refractivity contribution in [3.63, 3.8) is 0 Å². The van der Waals surface area contributed by atoms with Crippen molar-refractivity contribution in [2.75, 3.05) is 11.9 Å². The van der Waals surface area contributed by atoms with Crippen LogP contribution in [0.3, 0.4) is 0 Å². The minimum Gasteiger partial charge on any atom is -0.481 e. The summed E-state index contributed by atoms with van der Waals surface area (Å²) in [5, 5.41) is 2.83. The van der Waals surface area contributed by atoms with Gasteiger partial charge in [0.25, 0.3) is 5.91 Å². The zero-order valence-electron chi connectivity index (χ0n) is 11.1. The number of hydrogen-bond acceptors (Lipinski definition) is 3. The zero-order valence-corrected chi connectivity index (χ0v) is 11.1. The number of amides is 1. The standard InChI is InChI=1S/C16H14N2O2/c1-11-7-13(5-4-12-3-2-6-17-9-12)8-14-16(11)20-10-15(19)18-14/h2-9H,10H2,1H3,(H,18,19)/b5-4+. The third kappa shape index (κ3) is 2.54. The summed E-state index contributed by atoms with van der Waals surface area (Å²) in [6.45, 7) is 2.05. The number of pyridine rings is 1. The molecule has 4 heteroatoms. The van der Waals surface area contributed by atoms with Gasteiger partial charge in [0.05, 0.1) is 5.69 Å². The van der Waals surface area contributed by atoms with E-state index in [0.29, 0.717) is 0 Å². The largest absolute Gasteiger partial charge is 0.481 e. The second-order valence-corrected chi connectivity index (χ2v) is 4.67. The fourth-order valence-corrected chi connectivity index (χ4v) is 2.17. The Morgan fingerprint density at radius 3 is 2.95 bits per heavy atom. The second kappa shape index (κ2) is 5.17. The van der Waals surface area contributed by atoms with E-state index in [4.69, 9.17) is 4.74 Å². The molecule has 0 saturated carbocycles. The number of rotatable bonds is 2. The van der Waals surface area contributed by atoms with E-state index >= 15 is 0 Å². The maximum Gasteiger partial charge on any atom is 0.262 e. The molecule has 1 aromatic heterocycles. The Labute approximate surface area is 117 Å². The Morgan fingerprint density at radius 1 is 1.30 bits per heavy atom. The molecule has 0 aliphatic carbocycles. The predicted molar refractivity (Wildman–Crippen MR) is 78.5 cm³/mol. The average molecular weight is 266 g/mol. The number of anilines is 1. The highest BCUT2D eigenvalue weighted by Crippen LogP contribution is 2.33. The van der Waals surface area contributed by atoms with Crippen molar-refractivity contribution >= 4 is 23.7 Å². The molecule has 0 radical (unpaired) electrons. The molecule has 0 atom stereocenters. The Hall–Kier alpha value is -2.62. The fourth-order valence-electron chi connectivity index (χ4n) is 2.17. The van der Waals surface area contributed by atoms with Gasteiger partial charge in [0.2, 0.25) is 0 Å². The lowest BCUT2D eigenvalue weighted by Gasteiger charge is -2.20. The SMILES string of the molecule is Cc1cc(/C=C/c2cccnc2)cc2c1OCC(=O)N2. The number of carbonyl (C=O) groups excluding carboxylic acids is 1. The number of fused-ring (bicyclic) bond motifs is 1. The normalized spacial score (nSPS) is 13.8. The first-order valence-electron chi connectivity index (χ1n) is 6.38. The van der Waals surface area contributed by atoms with E-state index in [1.165, 1.54) is 0 Å². The van der Waals surface area contributed by atoms with Gasteiger partial charge in [0.1, 0.15) is 5.75 Å². The van der Waals surface area contributed by atoms with E-state index < -0.39 is 0 Å². The van der Waals surface area contributed by atoms with Gasteiger partial charge < -0.3 is 10.1 Å². The van der Waals surface area contributed by atoms with Crippen molar-refractivity contribution in [3.8, 4) is 5.75 Å². The Bertz CT molecular complexity index is 678. The van der Waals surface area contributed by atoms with Crippen LogP contribution in [0.4, 0.5) is 5.69 Å². The van der Waals surface area contributed by atoms with Crippen molar-refractivity contribution in [1.29, 1.82) is 0 Å². The smallest absolute Gasteiger partial charge is 0.262 e. The van der Waals surface area contributed by atoms with Gasteiger partial charge in [-0.15, -0.1) is 0 Å². The predicted octanol–water partition coefficient (Wildman–Crippen LogP) is 2.89. The number of benzene rings is 1. The molecular formula is C16H14N2O2. The molecule has 1 aliphatic rings. The first-order valence-corrected chi connectivity index (χ1v) is 6.38. The molecule has 2 aromatic rings. The quantitative estimate of drug-likeness (QED) is 0.909. The van der Waals surface area contributed by atoms with Gasteiger partial charge >= 0.3 is 0 Å². The number of ether oxygens (including phenoxy) is 1. The molecule has 0 spiro atoms. The molecule has 20 heavy (non-hydrogen) atoms. The molecule has 1 N–H and O–H groups in total. The van der Waals surface area contributed by atoms with Gasteiger partial charge in [-0.25, -0.2) is 0 Å². The van der Waals surface area contributed by atoms with E-state index in [0.717, 1.165) is 28.1 Å². The van der Waals surface area contributed by atoms with Crippen LogP contribution in [0.5, 0.6) is 5.75 Å². The van der Waals surface area contributed by atoms with Crippen LogP contribution in [0.15, 0.2) is 36.7 Å². The van der Waals surface area contributed by atoms with E-state index in [2.05, 4.69) is 10.3 Å². The first kappa shape index (κ1) is 12.4. The number of aromatic nitrogens is 1.